The van der Waals surface area contributed by atoms with Crippen LogP contribution in [0.2, 0.25) is 0 Å². The fourth-order valence-corrected chi connectivity index (χ4v) is 5.95. The number of benzene rings is 3. The van der Waals surface area contributed by atoms with Crippen LogP contribution in [-0.2, 0) is 16.1 Å². The van der Waals surface area contributed by atoms with E-state index in [0.717, 1.165) is 21.3 Å². The summed E-state index contributed by atoms with van der Waals surface area (Å²) < 4.78 is 20.3. The summed E-state index contributed by atoms with van der Waals surface area (Å²) in [6, 6.07) is 22.3. The third-order valence-electron chi connectivity index (χ3n) is 6.53. The normalized spacial score (nSPS) is 14.8. The highest BCUT2D eigenvalue weighted by atomic mass is 79.9. The summed E-state index contributed by atoms with van der Waals surface area (Å²) in [4.78, 5) is 32.2. The van der Waals surface area contributed by atoms with Crippen LogP contribution in [0.3, 0.4) is 0 Å². The van der Waals surface area contributed by atoms with Gasteiger partial charge < -0.3 is 14.2 Å². The van der Waals surface area contributed by atoms with Crippen molar-refractivity contribution in [3.05, 3.63) is 125 Å². The first-order valence-electron chi connectivity index (χ1n) is 13.3. The Morgan fingerprint density at radius 3 is 2.44 bits per heavy atom. The fraction of sp³-hybridized carbons (Fsp3) is 0.219. The smallest absolute Gasteiger partial charge is 0.338 e. The van der Waals surface area contributed by atoms with Crippen LogP contribution in [0.4, 0.5) is 0 Å². The van der Waals surface area contributed by atoms with Crippen LogP contribution in [0, 0.1) is 0 Å². The number of rotatable bonds is 9. The first kappa shape index (κ1) is 28.6. The van der Waals surface area contributed by atoms with Gasteiger partial charge >= 0.3 is 5.97 Å². The second-order valence-corrected chi connectivity index (χ2v) is 11.2. The second-order valence-electron chi connectivity index (χ2n) is 9.26. The maximum absolute atomic E-state index is 13.9. The largest absolute Gasteiger partial charge is 0.494 e. The van der Waals surface area contributed by atoms with Crippen molar-refractivity contribution in [1.82, 2.24) is 4.57 Å². The molecule has 0 aliphatic carbocycles. The molecule has 7 nitrogen and oxygen atoms in total. The molecule has 9 heteroatoms. The number of hydrogen-bond donors (Lipinski definition) is 0. The molecule has 0 saturated carbocycles. The van der Waals surface area contributed by atoms with E-state index in [4.69, 9.17) is 14.2 Å². The molecule has 0 radical (unpaired) electrons. The van der Waals surface area contributed by atoms with Gasteiger partial charge in [0.25, 0.3) is 5.56 Å². The summed E-state index contributed by atoms with van der Waals surface area (Å²) in [5, 5.41) is 0. The maximum atomic E-state index is 13.9. The first-order valence-corrected chi connectivity index (χ1v) is 14.9. The molecule has 0 bridgehead atoms. The number of thiazole rings is 1. The molecule has 4 aromatic rings. The van der Waals surface area contributed by atoms with Crippen molar-refractivity contribution in [2.24, 2.45) is 4.99 Å². The lowest BCUT2D eigenvalue weighted by atomic mass is 9.95. The van der Waals surface area contributed by atoms with E-state index in [-0.39, 0.29) is 12.2 Å². The van der Waals surface area contributed by atoms with Crippen LogP contribution in [0.5, 0.6) is 11.5 Å². The number of nitrogens with zero attached hydrogens (tertiary/aromatic N) is 2. The molecule has 0 fully saturated rings. The molecule has 1 aliphatic heterocycles. The Morgan fingerprint density at radius 1 is 1.00 bits per heavy atom. The van der Waals surface area contributed by atoms with E-state index in [1.165, 1.54) is 11.3 Å². The molecule has 0 spiro atoms. The molecule has 41 heavy (non-hydrogen) atoms. The maximum Gasteiger partial charge on any atom is 0.338 e. The topological polar surface area (TPSA) is 79.1 Å². The van der Waals surface area contributed by atoms with Crippen LogP contribution < -0.4 is 24.4 Å². The zero-order valence-electron chi connectivity index (χ0n) is 22.9. The lowest BCUT2D eigenvalue weighted by Crippen LogP contribution is -2.40. The molecule has 5 rings (SSSR count). The van der Waals surface area contributed by atoms with Crippen LogP contribution in [0.15, 0.2) is 98.3 Å². The summed E-state index contributed by atoms with van der Waals surface area (Å²) in [5.41, 5.74) is 3.21. The molecule has 0 saturated heterocycles. The van der Waals surface area contributed by atoms with Gasteiger partial charge in [-0.15, -0.1) is 0 Å². The van der Waals surface area contributed by atoms with Gasteiger partial charge in [0.2, 0.25) is 0 Å². The van der Waals surface area contributed by atoms with Crippen molar-refractivity contribution < 1.29 is 19.0 Å². The molecule has 3 aromatic carbocycles. The van der Waals surface area contributed by atoms with Crippen molar-refractivity contribution in [3.63, 3.8) is 0 Å². The number of esters is 1. The van der Waals surface area contributed by atoms with E-state index in [2.05, 4.69) is 20.9 Å². The third-order valence-corrected chi connectivity index (χ3v) is 8.04. The Hall–Kier alpha value is -3.95. The molecule has 0 N–H and O–H groups in total. The third kappa shape index (κ3) is 6.21. The highest BCUT2D eigenvalue weighted by Gasteiger charge is 2.35. The van der Waals surface area contributed by atoms with E-state index in [9.17, 15) is 9.59 Å². The number of fused-ring (bicyclic) bond motifs is 1. The number of allylic oxidation sites excluding steroid dienone is 1. The van der Waals surface area contributed by atoms with Crippen molar-refractivity contribution in [2.45, 2.75) is 33.4 Å². The Balaban J connectivity index is 1.52. The summed E-state index contributed by atoms with van der Waals surface area (Å²) in [6.07, 6.45) is 1.83. The lowest BCUT2D eigenvalue weighted by molar-refractivity contribution is -0.139. The van der Waals surface area contributed by atoms with Gasteiger partial charge in [-0.2, -0.15) is 0 Å². The summed E-state index contributed by atoms with van der Waals surface area (Å²) in [6.45, 7) is 6.53. The zero-order chi connectivity index (χ0) is 28.9. The van der Waals surface area contributed by atoms with E-state index >= 15 is 0 Å². The van der Waals surface area contributed by atoms with E-state index in [1.807, 2.05) is 85.8 Å². The molecular weight excluding hydrogens is 604 g/mol. The van der Waals surface area contributed by atoms with Gasteiger partial charge in [-0.25, -0.2) is 9.79 Å². The van der Waals surface area contributed by atoms with E-state index in [0.29, 0.717) is 45.1 Å². The molecule has 0 unspecified atom stereocenters. The van der Waals surface area contributed by atoms with Crippen LogP contribution >= 0.6 is 27.3 Å². The minimum atomic E-state index is -0.732. The van der Waals surface area contributed by atoms with Gasteiger partial charge in [0, 0.05) is 10.0 Å². The van der Waals surface area contributed by atoms with Gasteiger partial charge in [0.15, 0.2) is 4.80 Å². The Morgan fingerprint density at radius 2 is 1.73 bits per heavy atom. The Bertz CT molecular complexity index is 1770. The lowest BCUT2D eigenvalue weighted by Gasteiger charge is -2.26. The zero-order valence-corrected chi connectivity index (χ0v) is 25.3. The summed E-state index contributed by atoms with van der Waals surface area (Å²) in [5.74, 6) is 0.830. The van der Waals surface area contributed by atoms with Gasteiger partial charge in [-0.1, -0.05) is 69.7 Å². The standard InChI is InChI=1S/C32H29BrN2O5S/c1-4-38-26-9-7-6-8-25(26)29-28(31(37)39-5-2)20(3)34-32-35(29)30(36)27(41-32)18-21-12-16-24(17-13-21)40-19-22-10-14-23(33)15-11-22/h6-18,29H,4-5,19H2,1-3H3/b27-18-/t29-/m1/s1. The number of carbonyl (C=O) groups excluding carboxylic acids is 1. The number of carbonyl (C=O) groups is 1. The molecular formula is C32H29BrN2O5S. The van der Waals surface area contributed by atoms with E-state index in [1.54, 1.807) is 18.4 Å². The molecule has 2 heterocycles. The van der Waals surface area contributed by atoms with Crippen LogP contribution in [0.25, 0.3) is 6.08 Å². The highest BCUT2D eigenvalue weighted by Crippen LogP contribution is 2.35. The second kappa shape index (κ2) is 12.7. The minimum absolute atomic E-state index is 0.211. The first-order chi connectivity index (χ1) is 19.9. The van der Waals surface area contributed by atoms with Crippen molar-refractivity contribution in [1.29, 1.82) is 0 Å². The number of halogens is 1. The molecule has 1 aromatic heterocycles. The number of para-hydroxylation sites is 1. The Kier molecular flexibility index (Phi) is 8.85. The quantitative estimate of drug-likeness (QED) is 0.226. The summed E-state index contributed by atoms with van der Waals surface area (Å²) >= 11 is 4.73. The van der Waals surface area contributed by atoms with E-state index < -0.39 is 12.0 Å². The van der Waals surface area contributed by atoms with Gasteiger partial charge in [-0.3, -0.25) is 9.36 Å². The molecule has 0 amide bonds. The fourth-order valence-electron chi connectivity index (χ4n) is 4.64. The molecule has 1 aliphatic rings. The number of ether oxygens (including phenoxy) is 3. The Labute approximate surface area is 250 Å². The monoisotopic (exact) mass is 632 g/mol. The average Bonchev–Trinajstić information content (AvgIpc) is 3.27. The van der Waals surface area contributed by atoms with Crippen LogP contribution in [-0.4, -0.2) is 23.8 Å². The van der Waals surface area contributed by atoms with Gasteiger partial charge in [0.05, 0.1) is 29.0 Å². The molecule has 210 valence electrons. The molecule has 1 atom stereocenters. The SMILES string of the molecule is CCOC(=O)C1=C(C)N=c2s/c(=C\c3ccc(OCc4ccc(Br)cc4)cc3)c(=O)n2[C@@H]1c1ccccc1OCC. The van der Waals surface area contributed by atoms with Gasteiger partial charge in [0.1, 0.15) is 24.1 Å². The average molecular weight is 634 g/mol. The highest BCUT2D eigenvalue weighted by molar-refractivity contribution is 9.10. The summed E-state index contributed by atoms with van der Waals surface area (Å²) in [7, 11) is 0. The van der Waals surface area contributed by atoms with Crippen molar-refractivity contribution in [2.75, 3.05) is 13.2 Å². The predicted octanol–water partition coefficient (Wildman–Crippen LogP) is 5.54. The predicted molar refractivity (Wildman–Crippen MR) is 163 cm³/mol. The van der Waals surface area contributed by atoms with Crippen molar-refractivity contribution in [3.8, 4) is 11.5 Å². The van der Waals surface area contributed by atoms with Crippen molar-refractivity contribution >= 4 is 39.3 Å². The number of hydrogen-bond acceptors (Lipinski definition) is 7. The number of aromatic nitrogens is 1. The van der Waals surface area contributed by atoms with Crippen LogP contribution in [0.1, 0.15) is 43.5 Å². The van der Waals surface area contributed by atoms with Gasteiger partial charge in [-0.05, 0) is 68.3 Å². The minimum Gasteiger partial charge on any atom is -0.494 e.